The van der Waals surface area contributed by atoms with Crippen LogP contribution in [0.1, 0.15) is 0 Å². The number of fused-ring (bicyclic) bond motifs is 1. The van der Waals surface area contributed by atoms with E-state index in [1.54, 1.807) is 18.2 Å². The molecule has 3 nitrogen and oxygen atoms in total. The number of carbonyl (C=O) groups excluding carboxylic acids is 1. The molecule has 0 aliphatic carbocycles. The fourth-order valence-corrected chi connectivity index (χ4v) is 1.94. The van der Waals surface area contributed by atoms with Crippen LogP contribution < -0.4 is 10.1 Å². The standard InChI is InChI=1S/C14H9F2NO2/c15-10-3-1-8(5-11(10)16)9-2-4-13-12(6-9)17-14(18)7-19-13/h1-6H,7H2,(H,17,18). The Morgan fingerprint density at radius 1 is 1.00 bits per heavy atom. The number of anilines is 1. The molecule has 19 heavy (non-hydrogen) atoms. The molecule has 1 N–H and O–H groups in total. The van der Waals surface area contributed by atoms with Gasteiger partial charge in [-0.15, -0.1) is 0 Å². The third-order valence-electron chi connectivity index (χ3n) is 2.87. The number of carbonyl (C=O) groups is 1. The van der Waals surface area contributed by atoms with Crippen molar-refractivity contribution in [3.05, 3.63) is 48.0 Å². The lowest BCUT2D eigenvalue weighted by Crippen LogP contribution is -2.25. The van der Waals surface area contributed by atoms with E-state index in [2.05, 4.69) is 5.32 Å². The second-order valence-corrected chi connectivity index (χ2v) is 4.18. The highest BCUT2D eigenvalue weighted by Gasteiger charge is 2.16. The summed E-state index contributed by atoms with van der Waals surface area (Å²) in [6, 6.07) is 8.74. The van der Waals surface area contributed by atoms with Gasteiger partial charge in [0.05, 0.1) is 5.69 Å². The third-order valence-corrected chi connectivity index (χ3v) is 2.87. The lowest BCUT2D eigenvalue weighted by Gasteiger charge is -2.18. The average molecular weight is 261 g/mol. The molecule has 0 saturated heterocycles. The summed E-state index contributed by atoms with van der Waals surface area (Å²) >= 11 is 0. The largest absolute Gasteiger partial charge is 0.482 e. The zero-order valence-electron chi connectivity index (χ0n) is 9.74. The van der Waals surface area contributed by atoms with Gasteiger partial charge < -0.3 is 10.1 Å². The van der Waals surface area contributed by atoms with Crippen molar-refractivity contribution in [2.24, 2.45) is 0 Å². The van der Waals surface area contributed by atoms with Gasteiger partial charge in [0.25, 0.3) is 5.91 Å². The summed E-state index contributed by atoms with van der Waals surface area (Å²) in [5.41, 5.74) is 1.73. The zero-order valence-corrected chi connectivity index (χ0v) is 9.74. The SMILES string of the molecule is O=C1COc2ccc(-c3ccc(F)c(F)c3)cc2N1. The minimum absolute atomic E-state index is 0.0163. The van der Waals surface area contributed by atoms with Crippen LogP contribution >= 0.6 is 0 Å². The second-order valence-electron chi connectivity index (χ2n) is 4.18. The van der Waals surface area contributed by atoms with Crippen LogP contribution in [0.4, 0.5) is 14.5 Å². The Morgan fingerprint density at radius 3 is 2.53 bits per heavy atom. The highest BCUT2D eigenvalue weighted by Crippen LogP contribution is 2.32. The van der Waals surface area contributed by atoms with Crippen molar-refractivity contribution < 1.29 is 18.3 Å². The van der Waals surface area contributed by atoms with Gasteiger partial charge in [-0.3, -0.25) is 4.79 Å². The predicted octanol–water partition coefficient (Wildman–Crippen LogP) is 2.96. The molecule has 5 heteroatoms. The van der Waals surface area contributed by atoms with Crippen molar-refractivity contribution in [3.8, 4) is 16.9 Å². The summed E-state index contributed by atoms with van der Waals surface area (Å²) in [5, 5.41) is 2.66. The fraction of sp³-hybridized carbons (Fsp3) is 0.0714. The molecule has 0 bridgehead atoms. The first-order valence-electron chi connectivity index (χ1n) is 5.65. The normalized spacial score (nSPS) is 13.5. The molecule has 0 saturated carbocycles. The maximum Gasteiger partial charge on any atom is 0.262 e. The van der Waals surface area contributed by atoms with Crippen LogP contribution in [0.5, 0.6) is 5.75 Å². The number of hydrogen-bond acceptors (Lipinski definition) is 2. The Hall–Kier alpha value is -2.43. The van der Waals surface area contributed by atoms with E-state index in [0.29, 0.717) is 22.6 Å². The average Bonchev–Trinajstić information content (AvgIpc) is 2.41. The first-order valence-corrected chi connectivity index (χ1v) is 5.65. The minimum Gasteiger partial charge on any atom is -0.482 e. The van der Waals surface area contributed by atoms with Crippen LogP contribution in [0.15, 0.2) is 36.4 Å². The summed E-state index contributed by atoms with van der Waals surface area (Å²) in [7, 11) is 0. The molecule has 96 valence electrons. The van der Waals surface area contributed by atoms with Gasteiger partial charge in [0.15, 0.2) is 18.2 Å². The van der Waals surface area contributed by atoms with Crippen molar-refractivity contribution in [1.29, 1.82) is 0 Å². The molecule has 0 spiro atoms. The van der Waals surface area contributed by atoms with Gasteiger partial charge in [0.1, 0.15) is 5.75 Å². The van der Waals surface area contributed by atoms with E-state index in [-0.39, 0.29) is 12.5 Å². The summed E-state index contributed by atoms with van der Waals surface area (Å²) in [6.45, 7) is -0.0163. The number of benzene rings is 2. The molecule has 1 amide bonds. The molecule has 0 fully saturated rings. The van der Waals surface area contributed by atoms with E-state index in [1.807, 2.05) is 0 Å². The molecule has 2 aromatic carbocycles. The van der Waals surface area contributed by atoms with Crippen LogP contribution in [0.2, 0.25) is 0 Å². The van der Waals surface area contributed by atoms with Crippen molar-refractivity contribution in [3.63, 3.8) is 0 Å². The predicted molar refractivity (Wildman–Crippen MR) is 65.9 cm³/mol. The Balaban J connectivity index is 2.03. The second kappa shape index (κ2) is 4.35. The summed E-state index contributed by atoms with van der Waals surface area (Å²) in [6.07, 6.45) is 0. The van der Waals surface area contributed by atoms with Gasteiger partial charge >= 0.3 is 0 Å². The van der Waals surface area contributed by atoms with Crippen LogP contribution in [0, 0.1) is 11.6 Å². The molecular weight excluding hydrogens is 252 g/mol. The Morgan fingerprint density at radius 2 is 1.74 bits per heavy atom. The Bertz CT molecular complexity index is 670. The van der Waals surface area contributed by atoms with Crippen molar-refractivity contribution in [2.45, 2.75) is 0 Å². The number of amides is 1. The zero-order chi connectivity index (χ0) is 13.4. The highest BCUT2D eigenvalue weighted by molar-refractivity contribution is 5.96. The van der Waals surface area contributed by atoms with Gasteiger partial charge in [0.2, 0.25) is 0 Å². The van der Waals surface area contributed by atoms with Crippen LogP contribution in [0.25, 0.3) is 11.1 Å². The summed E-state index contributed by atoms with van der Waals surface area (Å²) in [4.78, 5) is 11.2. The van der Waals surface area contributed by atoms with Crippen molar-refractivity contribution in [2.75, 3.05) is 11.9 Å². The van der Waals surface area contributed by atoms with Gasteiger partial charge in [0, 0.05) is 0 Å². The van der Waals surface area contributed by atoms with E-state index in [4.69, 9.17) is 4.74 Å². The number of hydrogen-bond donors (Lipinski definition) is 1. The lowest BCUT2D eigenvalue weighted by molar-refractivity contribution is -0.118. The van der Waals surface area contributed by atoms with Crippen LogP contribution in [0.3, 0.4) is 0 Å². The van der Waals surface area contributed by atoms with Crippen LogP contribution in [-0.2, 0) is 4.79 Å². The highest BCUT2D eigenvalue weighted by atomic mass is 19.2. The molecule has 3 rings (SSSR count). The lowest BCUT2D eigenvalue weighted by atomic mass is 10.0. The van der Waals surface area contributed by atoms with E-state index in [1.165, 1.54) is 6.07 Å². The molecule has 0 radical (unpaired) electrons. The van der Waals surface area contributed by atoms with E-state index < -0.39 is 11.6 Å². The molecule has 0 unspecified atom stereocenters. The maximum absolute atomic E-state index is 13.2. The van der Waals surface area contributed by atoms with Crippen molar-refractivity contribution >= 4 is 11.6 Å². The number of halogens is 2. The number of ether oxygens (including phenoxy) is 1. The van der Waals surface area contributed by atoms with Gasteiger partial charge in [-0.05, 0) is 35.4 Å². The monoisotopic (exact) mass is 261 g/mol. The molecule has 0 atom stereocenters. The summed E-state index contributed by atoms with van der Waals surface area (Å²) < 4.78 is 31.3. The first-order chi connectivity index (χ1) is 9.13. The quantitative estimate of drug-likeness (QED) is 0.857. The molecule has 1 heterocycles. The van der Waals surface area contributed by atoms with Gasteiger partial charge in [-0.2, -0.15) is 0 Å². The number of nitrogens with one attached hydrogen (secondary N) is 1. The molecular formula is C14H9F2NO2. The third kappa shape index (κ3) is 2.14. The van der Waals surface area contributed by atoms with E-state index in [0.717, 1.165) is 12.1 Å². The van der Waals surface area contributed by atoms with E-state index in [9.17, 15) is 13.6 Å². The topological polar surface area (TPSA) is 38.3 Å². The molecule has 2 aromatic rings. The van der Waals surface area contributed by atoms with E-state index >= 15 is 0 Å². The molecule has 1 aliphatic rings. The van der Waals surface area contributed by atoms with Gasteiger partial charge in [-0.25, -0.2) is 8.78 Å². The Labute approximate surface area is 107 Å². The smallest absolute Gasteiger partial charge is 0.262 e. The Kier molecular flexibility index (Phi) is 2.67. The van der Waals surface area contributed by atoms with Gasteiger partial charge in [-0.1, -0.05) is 12.1 Å². The molecule has 1 aliphatic heterocycles. The first kappa shape index (κ1) is 11.6. The molecule has 0 aromatic heterocycles. The summed E-state index contributed by atoms with van der Waals surface area (Å²) in [5.74, 6) is -1.48. The maximum atomic E-state index is 13.2. The number of rotatable bonds is 1. The van der Waals surface area contributed by atoms with Crippen molar-refractivity contribution in [1.82, 2.24) is 0 Å². The fourth-order valence-electron chi connectivity index (χ4n) is 1.94. The van der Waals surface area contributed by atoms with Crippen LogP contribution in [-0.4, -0.2) is 12.5 Å². The minimum atomic E-state index is -0.907.